The average molecular weight is 313 g/mol. The van der Waals surface area contributed by atoms with Gasteiger partial charge in [0.25, 0.3) is 0 Å². The maximum atomic E-state index is 10.1. The van der Waals surface area contributed by atoms with Crippen LogP contribution < -0.4 is 5.73 Å². The van der Waals surface area contributed by atoms with Crippen LogP contribution in [-0.2, 0) is 4.74 Å². The number of hydrogen-bond acceptors (Lipinski definition) is 9. The van der Waals surface area contributed by atoms with Gasteiger partial charge in [0, 0.05) is 0 Å². The second-order valence-corrected chi connectivity index (χ2v) is 5.42. The Morgan fingerprint density at radius 3 is 2.76 bits per heavy atom. The van der Waals surface area contributed by atoms with E-state index in [9.17, 15) is 10.2 Å². The standard InChI is InChI=1S/C11H15N5O4S/c1-21-11-14-8(12)5-9(15-11)13-3-16(5)10-7(19)6(18)4(2-17)20-10/h3-4,6-7,10,17-19H,2H2,1H3,(H2,12,14,15). The molecule has 9 nitrogen and oxygen atoms in total. The summed E-state index contributed by atoms with van der Waals surface area (Å²) >= 11 is 1.34. The molecule has 1 aliphatic heterocycles. The molecular weight excluding hydrogens is 298 g/mol. The van der Waals surface area contributed by atoms with Crippen LogP contribution in [0.15, 0.2) is 11.5 Å². The molecule has 5 N–H and O–H groups in total. The van der Waals surface area contributed by atoms with E-state index in [1.165, 1.54) is 22.7 Å². The van der Waals surface area contributed by atoms with Gasteiger partial charge in [0.1, 0.15) is 30.2 Å². The lowest BCUT2D eigenvalue weighted by Crippen LogP contribution is -2.33. The van der Waals surface area contributed by atoms with Gasteiger partial charge in [-0.05, 0) is 6.26 Å². The van der Waals surface area contributed by atoms with Crippen molar-refractivity contribution in [1.29, 1.82) is 0 Å². The SMILES string of the molecule is CSc1nc(N)c2c(ncn2C2OC(CO)C(O)C2O)n1. The van der Waals surface area contributed by atoms with Gasteiger partial charge in [-0.3, -0.25) is 4.57 Å². The van der Waals surface area contributed by atoms with Crippen LogP contribution in [0.5, 0.6) is 0 Å². The van der Waals surface area contributed by atoms with E-state index in [1.807, 2.05) is 6.26 Å². The second-order valence-electron chi connectivity index (χ2n) is 4.65. The van der Waals surface area contributed by atoms with Gasteiger partial charge in [-0.1, -0.05) is 11.8 Å². The van der Waals surface area contributed by atoms with E-state index in [0.29, 0.717) is 16.3 Å². The monoisotopic (exact) mass is 313 g/mol. The number of anilines is 1. The molecule has 4 atom stereocenters. The lowest BCUT2D eigenvalue weighted by Gasteiger charge is -2.17. The van der Waals surface area contributed by atoms with Gasteiger partial charge in [0.2, 0.25) is 0 Å². The molecule has 0 spiro atoms. The van der Waals surface area contributed by atoms with E-state index in [0.717, 1.165) is 0 Å². The molecule has 0 aromatic carbocycles. The first-order valence-corrected chi connectivity index (χ1v) is 7.45. The molecule has 1 saturated heterocycles. The average Bonchev–Trinajstić information content (AvgIpc) is 3.02. The Morgan fingerprint density at radius 2 is 2.14 bits per heavy atom. The topological polar surface area (TPSA) is 140 Å². The molecule has 0 saturated carbocycles. The summed E-state index contributed by atoms with van der Waals surface area (Å²) in [5, 5.41) is 29.5. The smallest absolute Gasteiger partial charge is 0.191 e. The van der Waals surface area contributed by atoms with E-state index in [2.05, 4.69) is 15.0 Å². The normalized spacial score (nSPS) is 29.3. The molecule has 0 amide bonds. The molecule has 0 aliphatic carbocycles. The lowest BCUT2D eigenvalue weighted by atomic mass is 10.1. The first-order valence-electron chi connectivity index (χ1n) is 6.23. The third kappa shape index (κ3) is 2.24. The third-order valence-corrected chi connectivity index (χ3v) is 3.96. The van der Waals surface area contributed by atoms with E-state index >= 15 is 0 Å². The Labute approximate surface area is 123 Å². The number of aliphatic hydroxyl groups excluding tert-OH is 3. The largest absolute Gasteiger partial charge is 0.394 e. The lowest BCUT2D eigenvalue weighted by molar-refractivity contribution is -0.0508. The molecule has 10 heteroatoms. The number of thioether (sulfide) groups is 1. The number of nitrogens with zero attached hydrogens (tertiary/aromatic N) is 4. The Morgan fingerprint density at radius 1 is 1.38 bits per heavy atom. The minimum absolute atomic E-state index is 0.208. The Bertz CT molecular complexity index is 665. The fourth-order valence-corrected chi connectivity index (χ4v) is 2.71. The highest BCUT2D eigenvalue weighted by Crippen LogP contribution is 2.33. The van der Waals surface area contributed by atoms with Crippen LogP contribution in [0.25, 0.3) is 11.2 Å². The number of nitrogen functional groups attached to an aromatic ring is 1. The van der Waals surface area contributed by atoms with Crippen LogP contribution in [-0.4, -0.2) is 66.0 Å². The van der Waals surface area contributed by atoms with Crippen molar-refractivity contribution in [3.63, 3.8) is 0 Å². The van der Waals surface area contributed by atoms with Crippen LogP contribution in [0.3, 0.4) is 0 Å². The van der Waals surface area contributed by atoms with Crippen molar-refractivity contribution in [2.24, 2.45) is 0 Å². The quantitative estimate of drug-likeness (QED) is 0.404. The van der Waals surface area contributed by atoms with Crippen LogP contribution in [0, 0.1) is 0 Å². The molecule has 114 valence electrons. The van der Waals surface area contributed by atoms with Crippen molar-refractivity contribution in [2.75, 3.05) is 18.6 Å². The summed E-state index contributed by atoms with van der Waals surface area (Å²) in [7, 11) is 0. The summed E-state index contributed by atoms with van der Waals surface area (Å²) in [5.41, 5.74) is 6.72. The number of fused-ring (bicyclic) bond motifs is 1. The molecule has 3 rings (SSSR count). The molecule has 0 radical (unpaired) electrons. The number of aliphatic hydroxyl groups is 3. The van der Waals surface area contributed by atoms with Crippen molar-refractivity contribution in [1.82, 2.24) is 19.5 Å². The van der Waals surface area contributed by atoms with Gasteiger partial charge >= 0.3 is 0 Å². The third-order valence-electron chi connectivity index (χ3n) is 3.41. The van der Waals surface area contributed by atoms with Gasteiger partial charge in [-0.25, -0.2) is 15.0 Å². The zero-order valence-corrected chi connectivity index (χ0v) is 11.9. The second kappa shape index (κ2) is 5.39. The van der Waals surface area contributed by atoms with Gasteiger partial charge in [-0.2, -0.15) is 0 Å². The Hall–Kier alpha value is -1.46. The molecule has 0 bridgehead atoms. The molecule has 1 fully saturated rings. The van der Waals surface area contributed by atoms with Gasteiger partial charge in [0.15, 0.2) is 22.8 Å². The predicted molar refractivity (Wildman–Crippen MR) is 74.5 cm³/mol. The number of imidazole rings is 1. The fourth-order valence-electron chi connectivity index (χ4n) is 2.35. The van der Waals surface area contributed by atoms with Crippen molar-refractivity contribution < 1.29 is 20.1 Å². The van der Waals surface area contributed by atoms with E-state index < -0.39 is 31.1 Å². The van der Waals surface area contributed by atoms with Gasteiger partial charge in [0.05, 0.1) is 6.61 Å². The molecule has 4 unspecified atom stereocenters. The summed E-state index contributed by atoms with van der Waals surface area (Å²) in [6.07, 6.45) is -0.934. The number of hydrogen-bond donors (Lipinski definition) is 4. The number of ether oxygens (including phenoxy) is 1. The van der Waals surface area contributed by atoms with Crippen molar-refractivity contribution in [3.8, 4) is 0 Å². The summed E-state index contributed by atoms with van der Waals surface area (Å²) in [6, 6.07) is 0. The zero-order chi connectivity index (χ0) is 15.1. The minimum Gasteiger partial charge on any atom is -0.394 e. The molecular formula is C11H15N5O4S. The van der Waals surface area contributed by atoms with Crippen molar-refractivity contribution in [3.05, 3.63) is 6.33 Å². The zero-order valence-electron chi connectivity index (χ0n) is 11.1. The highest BCUT2D eigenvalue weighted by Gasteiger charge is 2.44. The molecule has 2 aromatic rings. The van der Waals surface area contributed by atoms with E-state index in [1.54, 1.807) is 0 Å². The number of aromatic nitrogens is 4. The summed E-state index contributed by atoms with van der Waals surface area (Å²) in [5.74, 6) is 0.208. The highest BCUT2D eigenvalue weighted by atomic mass is 32.2. The van der Waals surface area contributed by atoms with Crippen molar-refractivity contribution >= 4 is 28.7 Å². The summed E-state index contributed by atoms with van der Waals surface area (Å²) < 4.78 is 6.93. The Kier molecular flexibility index (Phi) is 3.71. The van der Waals surface area contributed by atoms with E-state index in [-0.39, 0.29) is 5.82 Å². The maximum Gasteiger partial charge on any atom is 0.191 e. The van der Waals surface area contributed by atoms with Crippen LogP contribution in [0.2, 0.25) is 0 Å². The number of nitrogens with two attached hydrogens (primary N) is 1. The summed E-state index contributed by atoms with van der Waals surface area (Å²) in [4.78, 5) is 12.5. The minimum atomic E-state index is -1.21. The van der Waals surface area contributed by atoms with Crippen LogP contribution >= 0.6 is 11.8 Å². The highest BCUT2D eigenvalue weighted by molar-refractivity contribution is 7.98. The van der Waals surface area contributed by atoms with Crippen LogP contribution in [0.4, 0.5) is 5.82 Å². The first kappa shape index (κ1) is 14.5. The summed E-state index contributed by atoms with van der Waals surface area (Å²) in [6.45, 7) is -0.399. The Balaban J connectivity index is 2.06. The molecule has 3 heterocycles. The fraction of sp³-hybridized carbons (Fsp3) is 0.545. The molecule has 21 heavy (non-hydrogen) atoms. The van der Waals surface area contributed by atoms with Gasteiger partial charge in [-0.15, -0.1) is 0 Å². The molecule has 1 aliphatic rings. The maximum absolute atomic E-state index is 10.1. The van der Waals surface area contributed by atoms with Crippen LogP contribution in [0.1, 0.15) is 6.23 Å². The predicted octanol–water partition coefficient (Wildman–Crippen LogP) is -1.26. The number of rotatable bonds is 3. The molecule has 2 aromatic heterocycles. The van der Waals surface area contributed by atoms with Crippen molar-refractivity contribution in [2.45, 2.75) is 29.7 Å². The first-order chi connectivity index (χ1) is 10.1. The van der Waals surface area contributed by atoms with E-state index in [4.69, 9.17) is 15.6 Å². The van der Waals surface area contributed by atoms with Gasteiger partial charge < -0.3 is 25.8 Å².